The van der Waals surface area contributed by atoms with Crippen molar-refractivity contribution < 1.29 is 9.90 Å². The minimum Gasteiger partial charge on any atom is -0.391 e. The minimum absolute atomic E-state index is 0.0956. The molecule has 2 rings (SSSR count). The molecule has 1 amide bonds. The Hall–Kier alpha value is -0.870. The van der Waals surface area contributed by atoms with Crippen LogP contribution in [0.4, 0.5) is 0 Å². The van der Waals surface area contributed by atoms with Gasteiger partial charge in [0.15, 0.2) is 0 Å². The molecule has 4 heteroatoms. The van der Waals surface area contributed by atoms with E-state index in [1.807, 2.05) is 19.1 Å². The van der Waals surface area contributed by atoms with Crippen molar-refractivity contribution in [1.29, 1.82) is 0 Å². The number of carbonyl (C=O) groups excluding carboxylic acids is 1. The van der Waals surface area contributed by atoms with Gasteiger partial charge in [0, 0.05) is 10.0 Å². The summed E-state index contributed by atoms with van der Waals surface area (Å²) in [6, 6.07) is 5.51. The van der Waals surface area contributed by atoms with E-state index in [-0.39, 0.29) is 11.9 Å². The van der Waals surface area contributed by atoms with Gasteiger partial charge in [-0.2, -0.15) is 0 Å². The number of rotatable bonds is 2. The average Bonchev–Trinajstić information content (AvgIpc) is 2.63. The third-order valence-corrected chi connectivity index (χ3v) is 3.56. The lowest BCUT2D eigenvalue weighted by atomic mass is 10.1. The molecule has 0 saturated heterocycles. The van der Waals surface area contributed by atoms with Crippen LogP contribution in [-0.4, -0.2) is 23.2 Å². The normalized spacial score (nSPS) is 23.7. The second-order valence-corrected chi connectivity index (χ2v) is 5.51. The molecule has 2 atom stereocenters. The molecule has 1 aromatic rings. The smallest absolute Gasteiger partial charge is 0.251 e. The number of hydrogen-bond acceptors (Lipinski definition) is 2. The summed E-state index contributed by atoms with van der Waals surface area (Å²) in [6.45, 7) is 1.95. The maximum atomic E-state index is 12.0. The van der Waals surface area contributed by atoms with Gasteiger partial charge in [-0.05, 0) is 49.9 Å². The summed E-state index contributed by atoms with van der Waals surface area (Å²) in [5.41, 5.74) is 1.67. The first kappa shape index (κ1) is 12.6. The summed E-state index contributed by atoms with van der Waals surface area (Å²) in [5.74, 6) is -0.111. The zero-order valence-corrected chi connectivity index (χ0v) is 11.3. The van der Waals surface area contributed by atoms with Gasteiger partial charge in [-0.3, -0.25) is 4.79 Å². The molecule has 0 radical (unpaired) electrons. The fourth-order valence-electron chi connectivity index (χ4n) is 2.23. The first-order chi connectivity index (χ1) is 8.06. The van der Waals surface area contributed by atoms with E-state index in [0.29, 0.717) is 5.56 Å². The van der Waals surface area contributed by atoms with Crippen molar-refractivity contribution >= 4 is 21.8 Å². The van der Waals surface area contributed by atoms with Gasteiger partial charge in [0.05, 0.1) is 12.1 Å². The van der Waals surface area contributed by atoms with Gasteiger partial charge in [-0.15, -0.1) is 0 Å². The Kier molecular flexibility index (Phi) is 3.84. The summed E-state index contributed by atoms with van der Waals surface area (Å²) in [7, 11) is 0. The highest BCUT2D eigenvalue weighted by Crippen LogP contribution is 2.20. The van der Waals surface area contributed by atoms with Gasteiger partial charge in [-0.25, -0.2) is 0 Å². The van der Waals surface area contributed by atoms with Crippen LogP contribution in [0, 0.1) is 6.92 Å². The molecule has 17 heavy (non-hydrogen) atoms. The van der Waals surface area contributed by atoms with E-state index in [4.69, 9.17) is 0 Å². The van der Waals surface area contributed by atoms with Crippen molar-refractivity contribution in [2.24, 2.45) is 0 Å². The molecule has 1 aromatic carbocycles. The molecule has 0 bridgehead atoms. The molecule has 0 aliphatic heterocycles. The third kappa shape index (κ3) is 3.07. The number of nitrogens with one attached hydrogen (secondary N) is 1. The Morgan fingerprint density at radius 1 is 1.41 bits per heavy atom. The predicted octanol–water partition coefficient (Wildman–Crippen LogP) is 2.40. The zero-order chi connectivity index (χ0) is 12.4. The Balaban J connectivity index is 2.09. The molecular formula is C13H16BrNO2. The number of hydrogen-bond donors (Lipinski definition) is 2. The molecule has 1 aliphatic carbocycles. The largest absolute Gasteiger partial charge is 0.391 e. The SMILES string of the molecule is Cc1cc(Br)cc(C(=O)N[C@@H]2CCC[C@@H]2O)c1. The van der Waals surface area contributed by atoms with E-state index in [2.05, 4.69) is 21.2 Å². The third-order valence-electron chi connectivity index (χ3n) is 3.10. The summed E-state index contributed by atoms with van der Waals surface area (Å²) in [4.78, 5) is 12.0. The number of benzene rings is 1. The van der Waals surface area contributed by atoms with E-state index in [1.54, 1.807) is 6.07 Å². The molecular weight excluding hydrogens is 282 g/mol. The molecule has 1 saturated carbocycles. The second kappa shape index (κ2) is 5.19. The molecule has 0 aromatic heterocycles. The van der Waals surface area contributed by atoms with E-state index in [0.717, 1.165) is 29.3 Å². The van der Waals surface area contributed by atoms with Gasteiger partial charge in [0.2, 0.25) is 0 Å². The van der Waals surface area contributed by atoms with E-state index >= 15 is 0 Å². The lowest BCUT2D eigenvalue weighted by molar-refractivity contribution is 0.0873. The van der Waals surface area contributed by atoms with Crippen LogP contribution in [0.3, 0.4) is 0 Å². The molecule has 1 aliphatic rings. The fourth-order valence-corrected chi connectivity index (χ4v) is 2.84. The van der Waals surface area contributed by atoms with Crippen molar-refractivity contribution in [3.63, 3.8) is 0 Å². The van der Waals surface area contributed by atoms with Crippen LogP contribution in [0.2, 0.25) is 0 Å². The molecule has 0 unspecified atom stereocenters. The minimum atomic E-state index is -0.396. The van der Waals surface area contributed by atoms with Crippen molar-refractivity contribution in [3.8, 4) is 0 Å². The van der Waals surface area contributed by atoms with Crippen LogP contribution in [-0.2, 0) is 0 Å². The maximum absolute atomic E-state index is 12.0. The maximum Gasteiger partial charge on any atom is 0.251 e. The van der Waals surface area contributed by atoms with Crippen LogP contribution in [0.5, 0.6) is 0 Å². The average molecular weight is 298 g/mol. The van der Waals surface area contributed by atoms with Gasteiger partial charge in [0.1, 0.15) is 0 Å². The highest BCUT2D eigenvalue weighted by atomic mass is 79.9. The number of aliphatic hydroxyl groups is 1. The van der Waals surface area contributed by atoms with Crippen LogP contribution >= 0.6 is 15.9 Å². The topological polar surface area (TPSA) is 49.3 Å². The Bertz CT molecular complexity index is 413. The number of aliphatic hydroxyl groups excluding tert-OH is 1. The van der Waals surface area contributed by atoms with Gasteiger partial charge in [-0.1, -0.05) is 15.9 Å². The number of aryl methyl sites for hydroxylation is 1. The number of amides is 1. The molecule has 0 spiro atoms. The standard InChI is InChI=1S/C13H16BrNO2/c1-8-5-9(7-10(14)6-8)13(17)15-11-3-2-4-12(11)16/h5-7,11-12,16H,2-4H2,1H3,(H,15,17)/t11-,12+/m1/s1. The van der Waals surface area contributed by atoms with Crippen molar-refractivity contribution in [1.82, 2.24) is 5.32 Å². The van der Waals surface area contributed by atoms with Crippen molar-refractivity contribution in [2.45, 2.75) is 38.3 Å². The quantitative estimate of drug-likeness (QED) is 0.881. The van der Waals surface area contributed by atoms with Crippen molar-refractivity contribution in [3.05, 3.63) is 33.8 Å². The van der Waals surface area contributed by atoms with Crippen LogP contribution < -0.4 is 5.32 Å². The molecule has 2 N–H and O–H groups in total. The molecule has 1 fully saturated rings. The second-order valence-electron chi connectivity index (χ2n) is 4.60. The summed E-state index contributed by atoms with van der Waals surface area (Å²) in [6.07, 6.45) is 2.22. The molecule has 0 heterocycles. The van der Waals surface area contributed by atoms with E-state index in [9.17, 15) is 9.90 Å². The highest BCUT2D eigenvalue weighted by Gasteiger charge is 2.26. The van der Waals surface area contributed by atoms with Crippen molar-refractivity contribution in [2.75, 3.05) is 0 Å². The van der Waals surface area contributed by atoms with Crippen LogP contribution in [0.15, 0.2) is 22.7 Å². The van der Waals surface area contributed by atoms with E-state index < -0.39 is 6.10 Å². The Labute approximate surface area is 109 Å². The summed E-state index contributed by atoms with van der Waals surface area (Å²) >= 11 is 3.38. The lowest BCUT2D eigenvalue weighted by Gasteiger charge is -2.16. The number of halogens is 1. The van der Waals surface area contributed by atoms with E-state index in [1.165, 1.54) is 0 Å². The Morgan fingerprint density at radius 2 is 2.18 bits per heavy atom. The van der Waals surface area contributed by atoms with Crippen LogP contribution in [0.1, 0.15) is 35.2 Å². The number of carbonyl (C=O) groups is 1. The predicted molar refractivity (Wildman–Crippen MR) is 70.0 cm³/mol. The monoisotopic (exact) mass is 297 g/mol. The fraction of sp³-hybridized carbons (Fsp3) is 0.462. The molecule has 92 valence electrons. The first-order valence-electron chi connectivity index (χ1n) is 5.82. The van der Waals surface area contributed by atoms with Crippen LogP contribution in [0.25, 0.3) is 0 Å². The Morgan fingerprint density at radius 3 is 2.76 bits per heavy atom. The first-order valence-corrected chi connectivity index (χ1v) is 6.61. The van der Waals surface area contributed by atoms with Gasteiger partial charge >= 0.3 is 0 Å². The highest BCUT2D eigenvalue weighted by molar-refractivity contribution is 9.10. The lowest BCUT2D eigenvalue weighted by Crippen LogP contribution is -2.39. The summed E-state index contributed by atoms with van der Waals surface area (Å²) < 4.78 is 0.898. The zero-order valence-electron chi connectivity index (χ0n) is 9.74. The summed E-state index contributed by atoms with van der Waals surface area (Å²) in [5, 5.41) is 12.6. The van der Waals surface area contributed by atoms with Gasteiger partial charge < -0.3 is 10.4 Å². The molecule has 3 nitrogen and oxygen atoms in total. The van der Waals surface area contributed by atoms with Gasteiger partial charge in [0.25, 0.3) is 5.91 Å².